The zero-order chi connectivity index (χ0) is 11.8. The highest BCUT2D eigenvalue weighted by Gasteiger charge is 2.22. The van der Waals surface area contributed by atoms with Crippen molar-refractivity contribution in [1.29, 1.82) is 0 Å². The molecule has 94 valence electrons. The molecule has 0 aromatic rings. The molecule has 3 N–H and O–H groups in total. The van der Waals surface area contributed by atoms with Crippen LogP contribution < -0.4 is 11.1 Å². The molecule has 16 heavy (non-hydrogen) atoms. The second-order valence-electron chi connectivity index (χ2n) is 4.17. The predicted molar refractivity (Wildman–Crippen MR) is 61.1 cm³/mol. The van der Waals surface area contributed by atoms with Gasteiger partial charge in [-0.3, -0.25) is 4.79 Å². The summed E-state index contributed by atoms with van der Waals surface area (Å²) in [4.78, 5) is 11.5. The zero-order valence-corrected chi connectivity index (χ0v) is 9.91. The van der Waals surface area contributed by atoms with Crippen molar-refractivity contribution < 1.29 is 14.3 Å². The maximum Gasteiger partial charge on any atom is 0.246 e. The Kier molecular flexibility index (Phi) is 6.37. The van der Waals surface area contributed by atoms with Crippen LogP contribution in [0.15, 0.2) is 0 Å². The van der Waals surface area contributed by atoms with Crippen LogP contribution in [0.1, 0.15) is 25.7 Å². The van der Waals surface area contributed by atoms with Gasteiger partial charge in [-0.05, 0) is 12.8 Å². The average molecular weight is 230 g/mol. The van der Waals surface area contributed by atoms with Gasteiger partial charge in [0.05, 0.1) is 13.2 Å². The molecule has 0 unspecified atom stereocenters. The number of nitrogens with two attached hydrogens (primary N) is 1. The van der Waals surface area contributed by atoms with Crippen LogP contribution in [0, 0.1) is 0 Å². The van der Waals surface area contributed by atoms with Crippen molar-refractivity contribution in [2.75, 3.05) is 26.9 Å². The molecule has 1 fully saturated rings. The smallest absolute Gasteiger partial charge is 0.246 e. The Morgan fingerprint density at radius 3 is 2.81 bits per heavy atom. The number of nitrogens with one attached hydrogen (secondary N) is 1. The highest BCUT2D eigenvalue weighted by Crippen LogP contribution is 2.16. The Hall–Kier alpha value is -0.650. The van der Waals surface area contributed by atoms with Crippen molar-refractivity contribution in [2.45, 2.75) is 37.8 Å². The lowest BCUT2D eigenvalue weighted by molar-refractivity contribution is -0.127. The predicted octanol–water partition coefficient (Wildman–Crippen LogP) is 0.0355. The van der Waals surface area contributed by atoms with E-state index in [1.165, 1.54) is 0 Å². The largest absolute Gasteiger partial charge is 0.382 e. The van der Waals surface area contributed by atoms with Crippen molar-refractivity contribution in [2.24, 2.45) is 5.73 Å². The van der Waals surface area contributed by atoms with Gasteiger partial charge in [-0.25, -0.2) is 0 Å². The van der Waals surface area contributed by atoms with E-state index >= 15 is 0 Å². The molecule has 0 aromatic carbocycles. The van der Waals surface area contributed by atoms with Gasteiger partial charge in [0.2, 0.25) is 5.91 Å². The van der Waals surface area contributed by atoms with Gasteiger partial charge in [0, 0.05) is 19.2 Å². The van der Waals surface area contributed by atoms with Gasteiger partial charge < -0.3 is 20.5 Å². The minimum absolute atomic E-state index is 0.0848. The molecule has 0 spiro atoms. The third-order valence-electron chi connectivity index (χ3n) is 2.83. The van der Waals surface area contributed by atoms with Crippen LogP contribution in [0.5, 0.6) is 0 Å². The van der Waals surface area contributed by atoms with Crippen LogP contribution in [0.4, 0.5) is 0 Å². The Balaban J connectivity index is 2.12. The molecule has 5 heteroatoms. The summed E-state index contributed by atoms with van der Waals surface area (Å²) in [6, 6.07) is 0.212. The lowest BCUT2D eigenvalue weighted by atomic mass is 9.91. The van der Waals surface area contributed by atoms with Crippen molar-refractivity contribution >= 4 is 5.91 Å². The first-order valence-corrected chi connectivity index (χ1v) is 5.85. The van der Waals surface area contributed by atoms with E-state index in [0.717, 1.165) is 25.7 Å². The topological polar surface area (TPSA) is 73.6 Å². The highest BCUT2D eigenvalue weighted by atomic mass is 16.5. The molecule has 1 aliphatic carbocycles. The van der Waals surface area contributed by atoms with E-state index in [0.29, 0.717) is 13.2 Å². The van der Waals surface area contributed by atoms with Crippen molar-refractivity contribution in [3.63, 3.8) is 0 Å². The van der Waals surface area contributed by atoms with E-state index in [2.05, 4.69) is 5.32 Å². The molecular formula is C11H22N2O3. The fourth-order valence-electron chi connectivity index (χ4n) is 1.89. The van der Waals surface area contributed by atoms with E-state index in [1.54, 1.807) is 7.11 Å². The second-order valence-corrected chi connectivity index (χ2v) is 4.17. The molecule has 0 saturated heterocycles. The number of ether oxygens (including phenoxy) is 2. The Morgan fingerprint density at radius 2 is 2.12 bits per heavy atom. The summed E-state index contributed by atoms with van der Waals surface area (Å²) in [5.74, 6) is -0.0848. The number of rotatable bonds is 6. The fraction of sp³-hybridized carbons (Fsp3) is 0.909. The van der Waals surface area contributed by atoms with Crippen LogP contribution in [0.3, 0.4) is 0 Å². The normalized spacial score (nSPS) is 25.4. The molecular weight excluding hydrogens is 208 g/mol. The maximum atomic E-state index is 11.5. The minimum atomic E-state index is -0.0848. The van der Waals surface area contributed by atoms with Crippen LogP contribution in [-0.4, -0.2) is 44.9 Å². The van der Waals surface area contributed by atoms with E-state index in [9.17, 15) is 4.79 Å². The maximum absolute atomic E-state index is 11.5. The molecule has 0 heterocycles. The summed E-state index contributed by atoms with van der Waals surface area (Å²) in [5.41, 5.74) is 5.93. The average Bonchev–Trinajstić information content (AvgIpc) is 2.28. The Labute approximate surface area is 96.7 Å². The first kappa shape index (κ1) is 13.4. The molecule has 0 aromatic heterocycles. The summed E-state index contributed by atoms with van der Waals surface area (Å²) in [7, 11) is 1.60. The third-order valence-corrected chi connectivity index (χ3v) is 2.83. The standard InChI is InChI=1S/C11H22N2O3/c1-15-6-7-16-8-11(14)13-10-5-3-2-4-9(10)12/h9-10H,2-8,12H2,1H3,(H,13,14)/t9-,10-/m1/s1. The molecule has 2 atom stereocenters. The number of amides is 1. The van der Waals surface area contributed by atoms with E-state index in [4.69, 9.17) is 15.2 Å². The SMILES string of the molecule is COCCOCC(=O)N[C@@H]1CCCC[C@H]1N. The van der Waals surface area contributed by atoms with Crippen molar-refractivity contribution in [1.82, 2.24) is 5.32 Å². The summed E-state index contributed by atoms with van der Waals surface area (Å²) in [6.45, 7) is 1.05. The fourth-order valence-corrected chi connectivity index (χ4v) is 1.89. The van der Waals surface area contributed by atoms with Gasteiger partial charge in [-0.1, -0.05) is 12.8 Å². The quantitative estimate of drug-likeness (QED) is 0.632. The van der Waals surface area contributed by atoms with E-state index < -0.39 is 0 Å². The second kappa shape index (κ2) is 7.60. The first-order valence-electron chi connectivity index (χ1n) is 5.85. The number of hydrogen-bond acceptors (Lipinski definition) is 4. The Bertz CT molecular complexity index is 211. The number of carbonyl (C=O) groups is 1. The molecule has 0 aliphatic heterocycles. The van der Waals surface area contributed by atoms with Crippen LogP contribution >= 0.6 is 0 Å². The molecule has 1 saturated carbocycles. The highest BCUT2D eigenvalue weighted by molar-refractivity contribution is 5.77. The number of methoxy groups -OCH3 is 1. The number of hydrogen-bond donors (Lipinski definition) is 2. The van der Waals surface area contributed by atoms with Gasteiger partial charge in [-0.15, -0.1) is 0 Å². The van der Waals surface area contributed by atoms with Crippen LogP contribution in [-0.2, 0) is 14.3 Å². The number of carbonyl (C=O) groups excluding carboxylic acids is 1. The molecule has 1 amide bonds. The summed E-state index contributed by atoms with van der Waals surface area (Å²) in [5, 5.41) is 2.92. The first-order chi connectivity index (χ1) is 7.74. The van der Waals surface area contributed by atoms with Crippen LogP contribution in [0.2, 0.25) is 0 Å². The molecule has 0 bridgehead atoms. The van der Waals surface area contributed by atoms with Gasteiger partial charge in [0.15, 0.2) is 0 Å². The molecule has 1 rings (SSSR count). The van der Waals surface area contributed by atoms with Crippen LogP contribution in [0.25, 0.3) is 0 Å². The van der Waals surface area contributed by atoms with Gasteiger partial charge in [-0.2, -0.15) is 0 Å². The Morgan fingerprint density at radius 1 is 1.38 bits per heavy atom. The zero-order valence-electron chi connectivity index (χ0n) is 9.91. The van der Waals surface area contributed by atoms with Gasteiger partial charge in [0.25, 0.3) is 0 Å². The van der Waals surface area contributed by atoms with E-state index in [-0.39, 0.29) is 24.6 Å². The third kappa shape index (κ3) is 4.92. The lowest BCUT2D eigenvalue weighted by Gasteiger charge is -2.29. The molecule has 0 radical (unpaired) electrons. The van der Waals surface area contributed by atoms with Crippen molar-refractivity contribution in [3.8, 4) is 0 Å². The summed E-state index contributed by atoms with van der Waals surface area (Å²) < 4.78 is 9.95. The van der Waals surface area contributed by atoms with E-state index in [1.807, 2.05) is 0 Å². The minimum Gasteiger partial charge on any atom is -0.382 e. The monoisotopic (exact) mass is 230 g/mol. The van der Waals surface area contributed by atoms with Gasteiger partial charge in [0.1, 0.15) is 6.61 Å². The lowest BCUT2D eigenvalue weighted by Crippen LogP contribution is -2.50. The van der Waals surface area contributed by atoms with Gasteiger partial charge >= 0.3 is 0 Å². The molecule has 1 aliphatic rings. The molecule has 5 nitrogen and oxygen atoms in total. The summed E-state index contributed by atoms with van der Waals surface area (Å²) >= 11 is 0. The summed E-state index contributed by atoms with van der Waals surface area (Å²) in [6.07, 6.45) is 4.28. The van der Waals surface area contributed by atoms with Crippen molar-refractivity contribution in [3.05, 3.63) is 0 Å².